The molecule has 2 rings (SSSR count). The summed E-state index contributed by atoms with van der Waals surface area (Å²) in [5.74, 6) is -0.0955. The molecule has 5 nitrogen and oxygen atoms in total. The second-order valence-corrected chi connectivity index (χ2v) is 6.96. The maximum absolute atomic E-state index is 12.2. The molecule has 25 heavy (non-hydrogen) atoms. The summed E-state index contributed by atoms with van der Waals surface area (Å²) >= 11 is 5.98. The summed E-state index contributed by atoms with van der Waals surface area (Å²) < 4.78 is 5.39. The first-order chi connectivity index (χ1) is 11.7. The number of amides is 2. The van der Waals surface area contributed by atoms with Gasteiger partial charge in [0.05, 0.1) is 5.02 Å². The molecule has 0 heterocycles. The average molecular weight is 361 g/mol. The zero-order valence-electron chi connectivity index (χ0n) is 14.4. The molecule has 0 aliphatic carbocycles. The van der Waals surface area contributed by atoms with Gasteiger partial charge in [-0.3, -0.25) is 9.59 Å². The highest BCUT2D eigenvalue weighted by molar-refractivity contribution is 6.32. The van der Waals surface area contributed by atoms with Gasteiger partial charge in [0, 0.05) is 16.8 Å². The van der Waals surface area contributed by atoms with Crippen molar-refractivity contribution < 1.29 is 14.3 Å². The number of carbonyl (C=O) groups is 2. The van der Waals surface area contributed by atoms with E-state index in [1.807, 2.05) is 20.8 Å². The van der Waals surface area contributed by atoms with Gasteiger partial charge in [-0.05, 0) is 51.1 Å². The Balaban J connectivity index is 1.96. The number of hydrogen-bond donors (Lipinski definition) is 2. The van der Waals surface area contributed by atoms with Gasteiger partial charge in [-0.25, -0.2) is 0 Å². The summed E-state index contributed by atoms with van der Waals surface area (Å²) in [6.07, 6.45) is 0. The predicted molar refractivity (Wildman–Crippen MR) is 99.2 cm³/mol. The second kappa shape index (κ2) is 8.03. The second-order valence-electron chi connectivity index (χ2n) is 6.55. The van der Waals surface area contributed by atoms with Crippen molar-refractivity contribution in [1.29, 1.82) is 0 Å². The number of hydrogen-bond acceptors (Lipinski definition) is 3. The summed E-state index contributed by atoms with van der Waals surface area (Å²) in [6, 6.07) is 13.7. The third-order valence-corrected chi connectivity index (χ3v) is 3.40. The fraction of sp³-hybridized carbons (Fsp3) is 0.263. The van der Waals surface area contributed by atoms with Crippen LogP contribution in [-0.2, 0) is 4.79 Å². The van der Waals surface area contributed by atoms with Crippen molar-refractivity contribution in [2.24, 2.45) is 0 Å². The Bertz CT molecular complexity index is 769. The van der Waals surface area contributed by atoms with Gasteiger partial charge in [0.15, 0.2) is 6.61 Å². The number of nitrogens with one attached hydrogen (secondary N) is 2. The molecule has 132 valence electrons. The lowest BCUT2D eigenvalue weighted by Gasteiger charge is -2.20. The quantitative estimate of drug-likeness (QED) is 0.850. The highest BCUT2D eigenvalue weighted by Crippen LogP contribution is 2.23. The molecule has 2 N–H and O–H groups in total. The Morgan fingerprint density at radius 1 is 1.08 bits per heavy atom. The third-order valence-electron chi connectivity index (χ3n) is 3.09. The molecule has 0 aliphatic rings. The molecule has 0 atom stereocenters. The van der Waals surface area contributed by atoms with Crippen LogP contribution in [0.3, 0.4) is 0 Å². The molecule has 0 bridgehead atoms. The van der Waals surface area contributed by atoms with Crippen molar-refractivity contribution in [2.45, 2.75) is 26.3 Å². The van der Waals surface area contributed by atoms with Crippen LogP contribution in [0, 0.1) is 0 Å². The largest absolute Gasteiger partial charge is 0.482 e. The van der Waals surface area contributed by atoms with Gasteiger partial charge in [-0.1, -0.05) is 29.8 Å². The summed E-state index contributed by atoms with van der Waals surface area (Å²) in [5.41, 5.74) is 0.660. The molecule has 0 aliphatic heterocycles. The van der Waals surface area contributed by atoms with E-state index in [1.54, 1.807) is 48.5 Å². The maximum atomic E-state index is 12.2. The Kier molecular flexibility index (Phi) is 6.04. The molecule has 2 aromatic carbocycles. The number of benzene rings is 2. The first-order valence-electron chi connectivity index (χ1n) is 7.84. The highest BCUT2D eigenvalue weighted by atomic mass is 35.5. The minimum absolute atomic E-state index is 0.178. The van der Waals surface area contributed by atoms with Crippen LogP contribution in [0.5, 0.6) is 5.75 Å². The zero-order chi connectivity index (χ0) is 18.4. The zero-order valence-corrected chi connectivity index (χ0v) is 15.2. The first kappa shape index (κ1) is 18.8. The van der Waals surface area contributed by atoms with Crippen molar-refractivity contribution in [3.63, 3.8) is 0 Å². The lowest BCUT2D eigenvalue weighted by Crippen LogP contribution is -2.40. The van der Waals surface area contributed by atoms with Crippen LogP contribution in [0.25, 0.3) is 0 Å². The Hall–Kier alpha value is -2.53. The van der Waals surface area contributed by atoms with Gasteiger partial charge in [-0.2, -0.15) is 0 Å². The molecule has 0 aromatic heterocycles. The van der Waals surface area contributed by atoms with E-state index in [1.165, 1.54) is 0 Å². The van der Waals surface area contributed by atoms with Gasteiger partial charge < -0.3 is 15.4 Å². The molecular formula is C19H21ClN2O3. The molecule has 0 spiro atoms. The van der Waals surface area contributed by atoms with Gasteiger partial charge in [0.25, 0.3) is 11.8 Å². The molecule has 0 unspecified atom stereocenters. The Morgan fingerprint density at radius 3 is 2.48 bits per heavy atom. The minimum Gasteiger partial charge on any atom is -0.482 e. The Labute approximate surface area is 152 Å². The molecule has 2 aromatic rings. The summed E-state index contributed by atoms with van der Waals surface area (Å²) in [7, 11) is 0. The molecule has 0 fully saturated rings. The smallest absolute Gasteiger partial charge is 0.262 e. The molecular weight excluding hydrogens is 340 g/mol. The van der Waals surface area contributed by atoms with Crippen LogP contribution in [0.4, 0.5) is 5.69 Å². The molecule has 2 amide bonds. The summed E-state index contributed by atoms with van der Waals surface area (Å²) in [4.78, 5) is 24.2. The number of rotatable bonds is 5. The summed E-state index contributed by atoms with van der Waals surface area (Å²) in [6.45, 7) is 5.54. The van der Waals surface area contributed by atoms with E-state index >= 15 is 0 Å². The minimum atomic E-state index is -0.340. The van der Waals surface area contributed by atoms with E-state index in [0.717, 1.165) is 0 Å². The fourth-order valence-corrected chi connectivity index (χ4v) is 2.24. The van der Waals surface area contributed by atoms with Crippen LogP contribution in [-0.4, -0.2) is 24.0 Å². The van der Waals surface area contributed by atoms with E-state index in [9.17, 15) is 9.59 Å². The lowest BCUT2D eigenvalue weighted by molar-refractivity contribution is -0.118. The van der Waals surface area contributed by atoms with Crippen LogP contribution in [0.2, 0.25) is 5.02 Å². The number of carbonyl (C=O) groups excluding carboxylic acids is 2. The van der Waals surface area contributed by atoms with Crippen molar-refractivity contribution in [3.8, 4) is 5.75 Å². The molecule has 6 heteroatoms. The van der Waals surface area contributed by atoms with E-state index < -0.39 is 0 Å². The summed E-state index contributed by atoms with van der Waals surface area (Å²) in [5, 5.41) is 6.02. The first-order valence-corrected chi connectivity index (χ1v) is 8.22. The van der Waals surface area contributed by atoms with Crippen LogP contribution >= 0.6 is 11.6 Å². The number of para-hydroxylation sites is 1. The van der Waals surface area contributed by atoms with Gasteiger partial charge in [0.1, 0.15) is 5.75 Å². The lowest BCUT2D eigenvalue weighted by atomic mass is 10.1. The topological polar surface area (TPSA) is 67.4 Å². The average Bonchev–Trinajstić information content (AvgIpc) is 2.53. The highest BCUT2D eigenvalue weighted by Gasteiger charge is 2.15. The van der Waals surface area contributed by atoms with Crippen molar-refractivity contribution in [1.82, 2.24) is 5.32 Å². The number of ether oxygens (including phenoxy) is 1. The monoisotopic (exact) mass is 360 g/mol. The number of anilines is 1. The standard InChI is InChI=1S/C19H21ClN2O3/c1-19(2,3)22-18(24)13-7-6-8-14(11-13)21-17(23)12-25-16-10-5-4-9-15(16)20/h4-11H,12H2,1-3H3,(H,21,23)(H,22,24). The van der Waals surface area contributed by atoms with Gasteiger partial charge >= 0.3 is 0 Å². The van der Waals surface area contributed by atoms with Crippen molar-refractivity contribution >= 4 is 29.1 Å². The van der Waals surface area contributed by atoms with E-state index in [2.05, 4.69) is 10.6 Å². The SMILES string of the molecule is CC(C)(C)NC(=O)c1cccc(NC(=O)COc2ccccc2Cl)c1. The molecule has 0 saturated carbocycles. The van der Waals surface area contributed by atoms with Gasteiger partial charge in [-0.15, -0.1) is 0 Å². The van der Waals surface area contributed by atoms with E-state index in [-0.39, 0.29) is 24.0 Å². The maximum Gasteiger partial charge on any atom is 0.262 e. The normalized spacial score (nSPS) is 10.9. The van der Waals surface area contributed by atoms with E-state index in [4.69, 9.17) is 16.3 Å². The number of halogens is 1. The predicted octanol–water partition coefficient (Wildman–Crippen LogP) is 3.89. The molecule has 0 radical (unpaired) electrons. The van der Waals surface area contributed by atoms with Crippen LogP contribution in [0.1, 0.15) is 31.1 Å². The van der Waals surface area contributed by atoms with Crippen molar-refractivity contribution in [3.05, 3.63) is 59.1 Å². The van der Waals surface area contributed by atoms with Crippen LogP contribution in [0.15, 0.2) is 48.5 Å². The third kappa shape index (κ3) is 6.12. The van der Waals surface area contributed by atoms with Gasteiger partial charge in [0.2, 0.25) is 0 Å². The van der Waals surface area contributed by atoms with E-state index in [0.29, 0.717) is 22.0 Å². The Morgan fingerprint density at radius 2 is 1.80 bits per heavy atom. The van der Waals surface area contributed by atoms with Crippen LogP contribution < -0.4 is 15.4 Å². The molecule has 0 saturated heterocycles. The fourth-order valence-electron chi connectivity index (χ4n) is 2.05. The van der Waals surface area contributed by atoms with Crippen molar-refractivity contribution in [2.75, 3.05) is 11.9 Å².